The highest BCUT2D eigenvalue weighted by Crippen LogP contribution is 2.38. The summed E-state index contributed by atoms with van der Waals surface area (Å²) in [5, 5.41) is 38.7. The second-order valence-corrected chi connectivity index (χ2v) is 34.7. The first-order chi connectivity index (χ1) is 54.5. The number of hydrazone groups is 1. The third-order valence-corrected chi connectivity index (χ3v) is 21.5. The Kier molecular flexibility index (Phi) is 28.7. The highest BCUT2D eigenvalue weighted by Gasteiger charge is 2.36. The molecule has 23 heteroatoms. The Hall–Kier alpha value is -9.89. The molecule has 7 heterocycles. The number of unbranched alkanes of at least 4 members (excludes halogenated alkanes) is 14. The largest absolute Gasteiger partial charge is 0.493 e. The van der Waals surface area contributed by atoms with Crippen LogP contribution in [0.1, 0.15) is 247 Å². The predicted molar refractivity (Wildman–Crippen MR) is 468 cm³/mol. The van der Waals surface area contributed by atoms with Gasteiger partial charge in [0.25, 0.3) is 5.65 Å². The fourth-order valence-electron chi connectivity index (χ4n) is 14.0. The van der Waals surface area contributed by atoms with Crippen LogP contribution in [0.2, 0.25) is 15.1 Å². The quantitative estimate of drug-likeness (QED) is 0.0185. The number of fused-ring (bicyclic) bond motifs is 3. The molecule has 0 aliphatic carbocycles. The Morgan fingerprint density at radius 1 is 0.509 bits per heavy atom. The zero-order valence-corrected chi connectivity index (χ0v) is 71.5. The molecule has 0 fully saturated rings. The molecule has 1 aliphatic heterocycles. The van der Waals surface area contributed by atoms with Gasteiger partial charge in [-0.2, -0.15) is 14.2 Å². The minimum Gasteiger partial charge on any atom is -0.493 e. The number of aromatic amines is 3. The number of anilines is 2. The van der Waals surface area contributed by atoms with Gasteiger partial charge in [-0.1, -0.05) is 279 Å². The maximum atomic E-state index is 12.3. The van der Waals surface area contributed by atoms with Gasteiger partial charge in [0.2, 0.25) is 12.1 Å². The zero-order valence-electron chi connectivity index (χ0n) is 69.3. The van der Waals surface area contributed by atoms with Crippen molar-refractivity contribution < 1.29 is 19.0 Å². The normalized spacial score (nSPS) is 13.0. The summed E-state index contributed by atoms with van der Waals surface area (Å²) in [7, 11) is 0. The zero-order chi connectivity index (χ0) is 81.4. The van der Waals surface area contributed by atoms with Crippen LogP contribution in [0.3, 0.4) is 0 Å². The van der Waals surface area contributed by atoms with Crippen LogP contribution in [0, 0.1) is 20.8 Å². The maximum absolute atomic E-state index is 12.3. The van der Waals surface area contributed by atoms with Crippen LogP contribution in [0.25, 0.3) is 51.1 Å². The molecule has 3 amide bonds. The van der Waals surface area contributed by atoms with Gasteiger partial charge < -0.3 is 20.7 Å². The molecule has 0 radical (unpaired) electrons. The molecular weight excluding hydrogens is 1490 g/mol. The fourth-order valence-corrected chi connectivity index (χ4v) is 15.1. The smallest absolute Gasteiger partial charge is 0.323 e. The summed E-state index contributed by atoms with van der Waals surface area (Å²) in [6.45, 7) is 32.0. The number of aryl methyl sites for hydroxylation is 4. The van der Waals surface area contributed by atoms with E-state index in [1.807, 2.05) is 43.5 Å². The van der Waals surface area contributed by atoms with Crippen molar-refractivity contribution in [2.75, 3.05) is 17.2 Å². The van der Waals surface area contributed by atoms with Gasteiger partial charge in [-0.25, -0.2) is 14.8 Å². The molecule has 0 spiro atoms. The standard InChI is InChI=1S/C35H45N7O2.C34H47ClN4.C22H22Cl2N6O/c1-7-8-9-10-11-12-18-44-30-17-16-24(2)19-28(30)21-26-14-13-15-27(20-26)33-38-34-31(32(35(4,5)6)39-42(34)40-33)41-23-29(22-36-41)37-25(3)43;1-6-7-8-9-10-11-12-13-14-15-16-26-18-20-27(21-19-26)23-29-24-28(22-17-25(29)2)32-36-33-30(35)31(34(3,4)5)37-39(33)38-32;1-12-5-10-15(23)16(11-12)26-21(31)25-14-8-6-13(7-9-14)19-27-20-17(24)18(22(2,3)4)28-30(20)29-19/h13-17,19-20,22-23,29H,7-12,18,21H2,1-6H3,(H-,37,38,39,40,43);17-22,24,37H,6-16,23H2,1-5H3;5-11,28H,1-4H3,(H2,25,26,31)/p+1. The second-order valence-electron chi connectivity index (χ2n) is 33.5. The van der Waals surface area contributed by atoms with Crippen LogP contribution in [0.15, 0.2) is 132 Å². The highest BCUT2D eigenvalue weighted by atomic mass is 35.5. The van der Waals surface area contributed by atoms with Crippen molar-refractivity contribution in [1.29, 1.82) is 0 Å². The Morgan fingerprint density at radius 2 is 1.02 bits per heavy atom. The molecule has 1 unspecified atom stereocenters. The molecule has 6 N–H and O–H groups in total. The molecule has 6 aromatic heterocycles. The fraction of sp³-hybridized carbons (Fsp3) is 0.429. The molecule has 114 heavy (non-hydrogen) atoms. The summed E-state index contributed by atoms with van der Waals surface area (Å²) >= 11 is 19.3. The lowest BCUT2D eigenvalue weighted by Gasteiger charge is -2.16. The molecule has 13 rings (SSSR count). The number of carbonyl (C=O) groups excluding carboxylic acids is 2. The Morgan fingerprint density at radius 3 is 1.61 bits per heavy atom. The van der Waals surface area contributed by atoms with Crippen LogP contribution < -0.4 is 20.7 Å². The number of ether oxygens (including phenoxy) is 1. The summed E-state index contributed by atoms with van der Waals surface area (Å²) < 4.78 is 13.1. The molecule has 602 valence electrons. The summed E-state index contributed by atoms with van der Waals surface area (Å²) in [4.78, 5) is 38.2. The lowest BCUT2D eigenvalue weighted by atomic mass is 9.91. The first-order valence-electron chi connectivity index (χ1n) is 40.7. The minimum absolute atomic E-state index is 0.0978. The average Bonchev–Trinajstić information content (AvgIpc) is 1.60. The van der Waals surface area contributed by atoms with Crippen molar-refractivity contribution in [3.63, 3.8) is 0 Å². The highest BCUT2D eigenvalue weighted by molar-refractivity contribution is 6.35. The lowest BCUT2D eigenvalue weighted by Crippen LogP contribution is -2.34. The van der Waals surface area contributed by atoms with Crippen LogP contribution >= 0.6 is 34.8 Å². The molecule has 6 aromatic carbocycles. The average molecular weight is 1600 g/mol. The molecular formula is C91H115Cl3N17O3+. The van der Waals surface area contributed by atoms with E-state index >= 15 is 0 Å². The van der Waals surface area contributed by atoms with Crippen molar-refractivity contribution in [2.45, 2.75) is 248 Å². The van der Waals surface area contributed by atoms with Crippen LogP contribution in [0.4, 0.5) is 21.9 Å². The Labute approximate surface area is 687 Å². The van der Waals surface area contributed by atoms with Gasteiger partial charge in [-0.15, -0.1) is 19.9 Å². The maximum Gasteiger partial charge on any atom is 0.323 e. The van der Waals surface area contributed by atoms with Crippen LogP contribution in [-0.2, 0) is 40.3 Å². The number of carbonyl (C=O) groups is 2. The number of benzene rings is 6. The van der Waals surface area contributed by atoms with E-state index in [2.05, 4.69) is 215 Å². The van der Waals surface area contributed by atoms with Crippen LogP contribution in [0.5, 0.6) is 5.75 Å². The lowest BCUT2D eigenvalue weighted by molar-refractivity contribution is -0.436. The van der Waals surface area contributed by atoms with E-state index in [1.165, 1.54) is 149 Å². The van der Waals surface area contributed by atoms with Crippen molar-refractivity contribution in [3.8, 4) is 39.9 Å². The third kappa shape index (κ3) is 22.6. The summed E-state index contributed by atoms with van der Waals surface area (Å²) in [5.41, 5.74) is 19.0. The van der Waals surface area contributed by atoms with Gasteiger partial charge in [-0.3, -0.25) is 20.1 Å². The van der Waals surface area contributed by atoms with E-state index in [4.69, 9.17) is 59.7 Å². The molecule has 20 nitrogen and oxygen atoms in total. The van der Waals surface area contributed by atoms with Crippen molar-refractivity contribution in [1.82, 2.24) is 64.8 Å². The van der Waals surface area contributed by atoms with E-state index in [0.717, 1.165) is 76.6 Å². The van der Waals surface area contributed by atoms with Gasteiger partial charge >= 0.3 is 11.7 Å². The molecule has 0 saturated carbocycles. The van der Waals surface area contributed by atoms with Gasteiger partial charge in [0.1, 0.15) is 27.7 Å². The van der Waals surface area contributed by atoms with Crippen molar-refractivity contribution in [2.24, 2.45) is 5.10 Å². The topological polar surface area (TPSA) is 233 Å². The van der Waals surface area contributed by atoms with E-state index < -0.39 is 0 Å². The number of nitrogens with zero attached hydrogens (tertiary/aromatic N) is 11. The first kappa shape index (κ1) is 85.0. The van der Waals surface area contributed by atoms with E-state index in [9.17, 15) is 9.59 Å². The number of H-pyrrole nitrogens is 3. The Balaban J connectivity index is 0.000000171. The molecule has 1 aliphatic rings. The van der Waals surface area contributed by atoms with E-state index in [-0.39, 0.29) is 34.2 Å². The predicted octanol–water partition coefficient (Wildman–Crippen LogP) is 23.2. The van der Waals surface area contributed by atoms with E-state index in [0.29, 0.717) is 60.9 Å². The molecule has 1 atom stereocenters. The van der Waals surface area contributed by atoms with Crippen molar-refractivity contribution >= 4 is 93.2 Å². The number of halogens is 3. The summed E-state index contributed by atoms with van der Waals surface area (Å²) in [5.74, 6) is 2.71. The number of urea groups is 1. The second kappa shape index (κ2) is 38.5. The van der Waals surface area contributed by atoms with Gasteiger partial charge in [0, 0.05) is 52.0 Å². The third-order valence-electron chi connectivity index (χ3n) is 20.4. The monoisotopic (exact) mass is 1600 g/mol. The van der Waals surface area contributed by atoms with Gasteiger partial charge in [-0.05, 0) is 150 Å². The van der Waals surface area contributed by atoms with Crippen molar-refractivity contribution in [3.05, 3.63) is 204 Å². The molecule has 0 saturated heterocycles. The number of nitrogens with one attached hydrogen (secondary N) is 6. The van der Waals surface area contributed by atoms with E-state index in [1.54, 1.807) is 43.0 Å². The number of aromatic nitrogens is 12. The summed E-state index contributed by atoms with van der Waals surface area (Å²) in [6, 6.07) is 42.6. The summed E-state index contributed by atoms with van der Waals surface area (Å²) in [6.07, 6.45) is 27.8. The van der Waals surface area contributed by atoms with Crippen LogP contribution in [-0.4, -0.2) is 101 Å². The van der Waals surface area contributed by atoms with Gasteiger partial charge in [0.15, 0.2) is 34.8 Å². The molecule has 0 bridgehead atoms. The number of amides is 3. The SMILES string of the molecule is CCCCCCCCCCCCc1ccc(Cc2cc(-c3nc4c(Cl)c(C(C)(C)C)[nH]n4n3)ccc2C)cc1.CCCCCCCCOc1ccc(C)cc1Cc1cccc(-c2nc3c([N+]4=CC(NC(C)=O)C=N4)c(C(C)(C)C)[nH]n3n2)c1.Cc1ccc(Cl)c(NC(=O)Nc2ccc(-c3nc4c(Cl)c(C(C)(C)C)[nH]n4n3)cc2)c1. The number of rotatable bonds is 30. The minimum atomic E-state index is -0.379. The number of hydrogen-bond donors (Lipinski definition) is 6. The first-order valence-corrected chi connectivity index (χ1v) is 41.8. The van der Waals surface area contributed by atoms with Gasteiger partial charge in [0.05, 0.1) is 28.7 Å². The molecule has 12 aromatic rings. The number of hydrogen-bond acceptors (Lipinski definition) is 10. The Bertz CT molecular complexity index is 5300.